The molecule has 0 unspecified atom stereocenters. The fourth-order valence-electron chi connectivity index (χ4n) is 4.63. The van der Waals surface area contributed by atoms with Crippen LogP contribution in [0.1, 0.15) is 30.9 Å². The smallest absolute Gasteiger partial charge is 0.0964 e. The number of hydrogen-bond acceptors (Lipinski definition) is 4. The quantitative estimate of drug-likeness (QED) is 0.322. The Kier molecular flexibility index (Phi) is 6.19. The Balaban J connectivity index is 1.76. The van der Waals surface area contributed by atoms with E-state index in [2.05, 4.69) is 54.4 Å². The van der Waals surface area contributed by atoms with Gasteiger partial charge < -0.3 is 9.67 Å². The van der Waals surface area contributed by atoms with Crippen molar-refractivity contribution in [3.8, 4) is 33.6 Å². The van der Waals surface area contributed by atoms with Crippen LogP contribution in [0.3, 0.4) is 0 Å². The third-order valence-corrected chi connectivity index (χ3v) is 6.40. The molecule has 2 aromatic carbocycles. The van der Waals surface area contributed by atoms with Crippen molar-refractivity contribution in [3.05, 3.63) is 90.6 Å². The molecule has 0 aliphatic rings. The van der Waals surface area contributed by atoms with Crippen molar-refractivity contribution in [2.75, 3.05) is 0 Å². The third-order valence-electron chi connectivity index (χ3n) is 6.40. The molecule has 0 saturated heterocycles. The van der Waals surface area contributed by atoms with E-state index in [-0.39, 0.29) is 6.61 Å². The van der Waals surface area contributed by atoms with Crippen LogP contribution in [0.25, 0.3) is 44.5 Å². The molecule has 0 radical (unpaired) electrons. The van der Waals surface area contributed by atoms with Crippen molar-refractivity contribution in [3.63, 3.8) is 0 Å². The van der Waals surface area contributed by atoms with Crippen molar-refractivity contribution >= 4 is 10.9 Å². The van der Waals surface area contributed by atoms with Gasteiger partial charge in [0.2, 0.25) is 0 Å². The van der Waals surface area contributed by atoms with Gasteiger partial charge in [-0.2, -0.15) is 0 Å². The van der Waals surface area contributed by atoms with E-state index in [1.54, 1.807) is 12.5 Å². The Morgan fingerprint density at radius 2 is 1.79 bits per heavy atom. The van der Waals surface area contributed by atoms with Gasteiger partial charge in [-0.05, 0) is 53.3 Å². The van der Waals surface area contributed by atoms with E-state index in [1.165, 1.54) is 16.7 Å². The molecule has 5 aromatic rings. The molecular formula is C29H28N4O. The van der Waals surface area contributed by atoms with Crippen LogP contribution < -0.4 is 0 Å². The van der Waals surface area contributed by atoms with Crippen molar-refractivity contribution in [2.45, 2.75) is 32.8 Å². The van der Waals surface area contributed by atoms with Gasteiger partial charge in [0, 0.05) is 36.0 Å². The fourth-order valence-corrected chi connectivity index (χ4v) is 4.63. The highest BCUT2D eigenvalue weighted by atomic mass is 16.3. The molecule has 0 bridgehead atoms. The van der Waals surface area contributed by atoms with Crippen LogP contribution in [0.2, 0.25) is 0 Å². The summed E-state index contributed by atoms with van der Waals surface area (Å²) in [6.07, 6.45) is 10.6. The van der Waals surface area contributed by atoms with E-state index in [4.69, 9.17) is 9.97 Å². The van der Waals surface area contributed by atoms with Crippen LogP contribution in [0, 0.1) is 0 Å². The molecule has 0 saturated carbocycles. The first-order chi connectivity index (χ1) is 16.7. The minimum Gasteiger partial charge on any atom is -0.392 e. The second-order valence-corrected chi connectivity index (χ2v) is 8.59. The monoisotopic (exact) mass is 448 g/mol. The van der Waals surface area contributed by atoms with Gasteiger partial charge in [-0.1, -0.05) is 49.7 Å². The number of aliphatic hydroxyl groups excluding tert-OH is 1. The number of hydrogen-bond donors (Lipinski definition) is 1. The third kappa shape index (κ3) is 3.99. The first-order valence-corrected chi connectivity index (χ1v) is 11.7. The lowest BCUT2D eigenvalue weighted by molar-refractivity contribution is 0.282. The highest BCUT2D eigenvalue weighted by molar-refractivity contribution is 5.94. The number of pyridine rings is 2. The molecule has 0 aliphatic heterocycles. The number of imidazole rings is 1. The SMILES string of the molecule is CCCCc1c(-c2ccccc2)cnc2ccc(-c3c(CO)ccnc3-c3cncn3C)cc12. The molecule has 5 nitrogen and oxygen atoms in total. The van der Waals surface area contributed by atoms with E-state index < -0.39 is 0 Å². The zero-order valence-electron chi connectivity index (χ0n) is 19.6. The molecule has 1 N–H and O–H groups in total. The molecule has 170 valence electrons. The van der Waals surface area contributed by atoms with Gasteiger partial charge >= 0.3 is 0 Å². The minimum atomic E-state index is -0.0638. The summed E-state index contributed by atoms with van der Waals surface area (Å²) < 4.78 is 1.95. The maximum Gasteiger partial charge on any atom is 0.0964 e. The maximum absolute atomic E-state index is 10.2. The predicted octanol–water partition coefficient (Wildman–Crippen LogP) is 6.20. The summed E-state index contributed by atoms with van der Waals surface area (Å²) in [5, 5.41) is 11.3. The molecule has 3 aromatic heterocycles. The summed E-state index contributed by atoms with van der Waals surface area (Å²) in [6, 6.07) is 18.7. The lowest BCUT2D eigenvalue weighted by Crippen LogP contribution is -2.00. The van der Waals surface area contributed by atoms with Gasteiger partial charge in [0.1, 0.15) is 0 Å². The summed E-state index contributed by atoms with van der Waals surface area (Å²) in [5.74, 6) is 0. The number of nitrogens with zero attached hydrogens (tertiary/aromatic N) is 4. The second-order valence-electron chi connectivity index (χ2n) is 8.59. The Morgan fingerprint density at radius 1 is 0.941 bits per heavy atom. The number of unbranched alkanes of at least 4 members (excludes halogenated alkanes) is 1. The highest BCUT2D eigenvalue weighted by Crippen LogP contribution is 2.37. The Bertz CT molecular complexity index is 1440. The van der Waals surface area contributed by atoms with Crippen LogP contribution in [0.15, 0.2) is 79.5 Å². The fraction of sp³-hybridized carbons (Fsp3) is 0.207. The average molecular weight is 449 g/mol. The molecule has 0 atom stereocenters. The molecule has 0 amide bonds. The maximum atomic E-state index is 10.2. The van der Waals surface area contributed by atoms with Crippen molar-refractivity contribution in [1.82, 2.24) is 19.5 Å². The van der Waals surface area contributed by atoms with Crippen LogP contribution in [0.4, 0.5) is 0 Å². The Labute approximate surface area is 199 Å². The van der Waals surface area contributed by atoms with Gasteiger partial charge in [0.15, 0.2) is 0 Å². The summed E-state index contributed by atoms with van der Waals surface area (Å²) in [6.45, 7) is 2.16. The van der Waals surface area contributed by atoms with E-state index in [9.17, 15) is 5.11 Å². The number of aryl methyl sites for hydroxylation is 2. The van der Waals surface area contributed by atoms with Gasteiger partial charge in [-0.15, -0.1) is 0 Å². The predicted molar refractivity (Wildman–Crippen MR) is 137 cm³/mol. The zero-order chi connectivity index (χ0) is 23.5. The second kappa shape index (κ2) is 9.57. The lowest BCUT2D eigenvalue weighted by atomic mass is 9.91. The molecule has 0 aliphatic carbocycles. The van der Waals surface area contributed by atoms with Gasteiger partial charge in [0.25, 0.3) is 0 Å². The number of aliphatic hydroxyl groups is 1. The van der Waals surface area contributed by atoms with Gasteiger partial charge in [0.05, 0.1) is 36.0 Å². The lowest BCUT2D eigenvalue weighted by Gasteiger charge is -2.17. The van der Waals surface area contributed by atoms with E-state index in [0.717, 1.165) is 58.2 Å². The van der Waals surface area contributed by atoms with Crippen molar-refractivity contribution in [1.29, 1.82) is 0 Å². The summed E-state index contributed by atoms with van der Waals surface area (Å²) in [7, 11) is 1.96. The highest BCUT2D eigenvalue weighted by Gasteiger charge is 2.18. The molecule has 5 heteroatoms. The Hall–Kier alpha value is -3.83. The van der Waals surface area contributed by atoms with E-state index in [0.29, 0.717) is 0 Å². The zero-order valence-corrected chi connectivity index (χ0v) is 19.6. The molecular weight excluding hydrogens is 420 g/mol. The molecule has 5 rings (SSSR count). The van der Waals surface area contributed by atoms with Gasteiger partial charge in [-0.25, -0.2) is 4.98 Å². The number of fused-ring (bicyclic) bond motifs is 1. The molecule has 34 heavy (non-hydrogen) atoms. The molecule has 0 fully saturated rings. The summed E-state index contributed by atoms with van der Waals surface area (Å²) >= 11 is 0. The molecule has 3 heterocycles. The van der Waals surface area contributed by atoms with Gasteiger partial charge in [-0.3, -0.25) is 9.97 Å². The van der Waals surface area contributed by atoms with Crippen molar-refractivity contribution in [2.24, 2.45) is 7.05 Å². The van der Waals surface area contributed by atoms with E-state index >= 15 is 0 Å². The van der Waals surface area contributed by atoms with Crippen LogP contribution in [0.5, 0.6) is 0 Å². The van der Waals surface area contributed by atoms with E-state index in [1.807, 2.05) is 36.1 Å². The normalized spacial score (nSPS) is 11.3. The summed E-state index contributed by atoms with van der Waals surface area (Å²) in [4.78, 5) is 13.8. The first-order valence-electron chi connectivity index (χ1n) is 11.7. The Morgan fingerprint density at radius 3 is 2.53 bits per heavy atom. The topological polar surface area (TPSA) is 63.8 Å². The largest absolute Gasteiger partial charge is 0.392 e. The van der Waals surface area contributed by atoms with Crippen LogP contribution in [-0.4, -0.2) is 24.6 Å². The molecule has 0 spiro atoms. The van der Waals surface area contributed by atoms with Crippen LogP contribution in [-0.2, 0) is 20.1 Å². The minimum absolute atomic E-state index is 0.0638. The average Bonchev–Trinajstić information content (AvgIpc) is 3.32. The number of rotatable bonds is 7. The standard InChI is InChI=1S/C29H28N4O/c1-3-4-10-23-24-15-21(11-12-26(24)32-16-25(23)20-8-6-5-7-9-20)28-22(18-34)13-14-31-29(28)27-17-30-19-33(27)2/h5-9,11-17,19,34H,3-4,10,18H2,1-2H3. The van der Waals surface area contributed by atoms with Crippen LogP contribution >= 0.6 is 0 Å². The summed E-state index contributed by atoms with van der Waals surface area (Å²) in [5.41, 5.74) is 9.17. The first kappa shape index (κ1) is 22.0. The number of benzene rings is 2. The van der Waals surface area contributed by atoms with Crippen molar-refractivity contribution < 1.29 is 5.11 Å². The number of aromatic nitrogens is 4.